The second kappa shape index (κ2) is 6.46. The lowest BCUT2D eigenvalue weighted by Crippen LogP contribution is -2.02. The van der Waals surface area contributed by atoms with Crippen molar-refractivity contribution in [1.29, 1.82) is 5.26 Å². The summed E-state index contributed by atoms with van der Waals surface area (Å²) in [4.78, 5) is 4.33. The number of nitrogens with zero attached hydrogens (tertiary/aromatic N) is 4. The van der Waals surface area contributed by atoms with E-state index in [9.17, 15) is 5.26 Å². The van der Waals surface area contributed by atoms with Crippen LogP contribution >= 0.6 is 0 Å². The molecule has 1 N–H and O–H groups in total. The maximum absolute atomic E-state index is 9.38. The van der Waals surface area contributed by atoms with Gasteiger partial charge in [-0.25, -0.2) is 4.68 Å². The quantitative estimate of drug-likeness (QED) is 0.618. The van der Waals surface area contributed by atoms with Crippen LogP contribution in [0.1, 0.15) is 11.1 Å². The summed E-state index contributed by atoms with van der Waals surface area (Å²) in [5.41, 5.74) is 4.26. The smallest absolute Gasteiger partial charge is 0.103 e. The summed E-state index contributed by atoms with van der Waals surface area (Å²) in [6.07, 6.45) is 5.42. The standard InChI is InChI=1S/C20H15N5/c21-10-16-13-22-19-9-5-4-8-18(19)20(16)23-11-15-12-24-25(14-15)17-6-2-1-3-7-17/h1-9,12-14H,11H2,(H,22,23). The highest BCUT2D eigenvalue weighted by molar-refractivity contribution is 5.93. The lowest BCUT2D eigenvalue weighted by atomic mass is 10.1. The van der Waals surface area contributed by atoms with Crippen LogP contribution < -0.4 is 5.32 Å². The van der Waals surface area contributed by atoms with E-state index >= 15 is 0 Å². The number of nitriles is 1. The maximum Gasteiger partial charge on any atom is 0.103 e. The van der Waals surface area contributed by atoms with Crippen LogP contribution in [0.4, 0.5) is 5.69 Å². The molecule has 0 aliphatic carbocycles. The van der Waals surface area contributed by atoms with Crippen molar-refractivity contribution in [2.45, 2.75) is 6.54 Å². The van der Waals surface area contributed by atoms with Gasteiger partial charge in [-0.3, -0.25) is 4.98 Å². The number of nitrogens with one attached hydrogen (secondary N) is 1. The van der Waals surface area contributed by atoms with Crippen molar-refractivity contribution in [3.63, 3.8) is 0 Å². The number of fused-ring (bicyclic) bond motifs is 1. The van der Waals surface area contributed by atoms with Gasteiger partial charge in [-0.2, -0.15) is 10.4 Å². The fourth-order valence-electron chi connectivity index (χ4n) is 2.78. The van der Waals surface area contributed by atoms with Crippen molar-refractivity contribution in [3.05, 3.63) is 84.3 Å². The zero-order valence-corrected chi connectivity index (χ0v) is 13.4. The monoisotopic (exact) mass is 325 g/mol. The first-order valence-corrected chi connectivity index (χ1v) is 7.96. The number of anilines is 1. The first-order valence-electron chi connectivity index (χ1n) is 7.96. The molecule has 0 saturated heterocycles. The number of para-hydroxylation sites is 2. The van der Waals surface area contributed by atoms with Gasteiger partial charge in [0.15, 0.2) is 0 Å². The molecule has 0 unspecified atom stereocenters. The lowest BCUT2D eigenvalue weighted by Gasteiger charge is -2.10. The lowest BCUT2D eigenvalue weighted by molar-refractivity contribution is 0.880. The van der Waals surface area contributed by atoms with Crippen LogP contribution in [0.5, 0.6) is 0 Å². The fourth-order valence-corrected chi connectivity index (χ4v) is 2.78. The molecule has 0 radical (unpaired) electrons. The van der Waals surface area contributed by atoms with Crippen LogP contribution in [-0.2, 0) is 6.54 Å². The second-order valence-electron chi connectivity index (χ2n) is 5.66. The fraction of sp³-hybridized carbons (Fsp3) is 0.0500. The molecule has 120 valence electrons. The molecule has 0 atom stereocenters. The molecule has 0 spiro atoms. The van der Waals surface area contributed by atoms with Crippen molar-refractivity contribution in [3.8, 4) is 11.8 Å². The number of hydrogen-bond donors (Lipinski definition) is 1. The number of rotatable bonds is 4. The largest absolute Gasteiger partial charge is 0.379 e. The van der Waals surface area contributed by atoms with Gasteiger partial charge in [-0.1, -0.05) is 36.4 Å². The highest BCUT2D eigenvalue weighted by Gasteiger charge is 2.09. The van der Waals surface area contributed by atoms with Gasteiger partial charge in [-0.05, 0) is 18.2 Å². The molecule has 2 aromatic carbocycles. The normalized spacial score (nSPS) is 10.5. The van der Waals surface area contributed by atoms with E-state index in [-0.39, 0.29) is 0 Å². The van der Waals surface area contributed by atoms with Crippen LogP contribution in [0.2, 0.25) is 0 Å². The summed E-state index contributed by atoms with van der Waals surface area (Å²) in [5.74, 6) is 0. The van der Waals surface area contributed by atoms with Crippen LogP contribution in [0.25, 0.3) is 16.6 Å². The Morgan fingerprint density at radius 2 is 1.80 bits per heavy atom. The summed E-state index contributed by atoms with van der Waals surface area (Å²) in [6.45, 7) is 0.579. The third-order valence-corrected chi connectivity index (χ3v) is 4.02. The molecule has 2 aromatic heterocycles. The first-order chi connectivity index (χ1) is 12.3. The number of hydrogen-bond acceptors (Lipinski definition) is 4. The Balaban J connectivity index is 1.61. The Kier molecular flexibility index (Phi) is 3.85. The van der Waals surface area contributed by atoms with Crippen LogP contribution in [0.15, 0.2) is 73.2 Å². The van der Waals surface area contributed by atoms with Crippen LogP contribution in [0, 0.1) is 11.3 Å². The molecule has 0 fully saturated rings. The summed E-state index contributed by atoms with van der Waals surface area (Å²) < 4.78 is 1.84. The summed E-state index contributed by atoms with van der Waals surface area (Å²) in [5, 5.41) is 18.1. The Morgan fingerprint density at radius 3 is 2.64 bits per heavy atom. The first kappa shape index (κ1) is 14.9. The molecule has 5 nitrogen and oxygen atoms in total. The van der Waals surface area contributed by atoms with Crippen molar-refractivity contribution in [2.24, 2.45) is 0 Å². The zero-order valence-electron chi connectivity index (χ0n) is 13.4. The summed E-state index contributed by atoms with van der Waals surface area (Å²) in [6, 6.07) is 20.0. The van der Waals surface area contributed by atoms with Gasteiger partial charge in [0.25, 0.3) is 0 Å². The molecule has 4 aromatic rings. The SMILES string of the molecule is N#Cc1cnc2ccccc2c1NCc1cnn(-c2ccccc2)c1. The maximum atomic E-state index is 9.38. The number of pyridine rings is 1. The Morgan fingerprint density at radius 1 is 1.00 bits per heavy atom. The van der Waals surface area contributed by atoms with Crippen LogP contribution in [-0.4, -0.2) is 14.8 Å². The van der Waals surface area contributed by atoms with Gasteiger partial charge >= 0.3 is 0 Å². The van der Waals surface area contributed by atoms with E-state index in [4.69, 9.17) is 0 Å². The minimum Gasteiger partial charge on any atom is -0.379 e. The van der Waals surface area contributed by atoms with E-state index in [0.29, 0.717) is 12.1 Å². The predicted octanol–water partition coefficient (Wildman–Crippen LogP) is 3.90. The average molecular weight is 325 g/mol. The topological polar surface area (TPSA) is 66.5 Å². The molecule has 4 rings (SSSR count). The van der Waals surface area contributed by atoms with E-state index in [0.717, 1.165) is 27.8 Å². The summed E-state index contributed by atoms with van der Waals surface area (Å²) in [7, 11) is 0. The minimum absolute atomic E-state index is 0.536. The van der Waals surface area contributed by atoms with Crippen molar-refractivity contribution >= 4 is 16.6 Å². The van der Waals surface area contributed by atoms with Crippen molar-refractivity contribution in [2.75, 3.05) is 5.32 Å². The van der Waals surface area contributed by atoms with Gasteiger partial charge in [0, 0.05) is 29.9 Å². The predicted molar refractivity (Wildman–Crippen MR) is 97.3 cm³/mol. The van der Waals surface area contributed by atoms with E-state index in [1.165, 1.54) is 0 Å². The highest BCUT2D eigenvalue weighted by atomic mass is 15.3. The van der Waals surface area contributed by atoms with E-state index in [1.807, 2.05) is 71.7 Å². The highest BCUT2D eigenvalue weighted by Crippen LogP contribution is 2.25. The molecule has 0 aliphatic heterocycles. The van der Waals surface area contributed by atoms with E-state index in [2.05, 4.69) is 21.5 Å². The molecule has 0 aliphatic rings. The molecule has 25 heavy (non-hydrogen) atoms. The van der Waals surface area contributed by atoms with Gasteiger partial charge in [0.1, 0.15) is 6.07 Å². The van der Waals surface area contributed by atoms with Gasteiger partial charge < -0.3 is 5.32 Å². The molecule has 0 amide bonds. The van der Waals surface area contributed by atoms with E-state index in [1.54, 1.807) is 6.20 Å². The van der Waals surface area contributed by atoms with E-state index < -0.39 is 0 Å². The summed E-state index contributed by atoms with van der Waals surface area (Å²) >= 11 is 0. The third kappa shape index (κ3) is 2.93. The van der Waals surface area contributed by atoms with Gasteiger partial charge in [0.05, 0.1) is 28.7 Å². The Bertz CT molecular complexity index is 1060. The molecular formula is C20H15N5. The second-order valence-corrected chi connectivity index (χ2v) is 5.66. The van der Waals surface area contributed by atoms with Gasteiger partial charge in [-0.15, -0.1) is 0 Å². The molecule has 0 bridgehead atoms. The minimum atomic E-state index is 0.536. The number of aromatic nitrogens is 3. The number of benzene rings is 2. The third-order valence-electron chi connectivity index (χ3n) is 4.02. The average Bonchev–Trinajstić information content (AvgIpc) is 3.15. The molecule has 0 saturated carbocycles. The van der Waals surface area contributed by atoms with Crippen LogP contribution in [0.3, 0.4) is 0 Å². The van der Waals surface area contributed by atoms with Gasteiger partial charge in [0.2, 0.25) is 0 Å². The molecule has 2 heterocycles. The molecule has 5 heteroatoms. The van der Waals surface area contributed by atoms with Crippen molar-refractivity contribution < 1.29 is 0 Å². The van der Waals surface area contributed by atoms with Crippen molar-refractivity contribution in [1.82, 2.24) is 14.8 Å². The Labute approximate surface area is 145 Å². The zero-order chi connectivity index (χ0) is 17.1. The Hall–Kier alpha value is -3.65. The molecular weight excluding hydrogens is 310 g/mol.